The molecule has 1 aromatic heterocycles. The van der Waals surface area contributed by atoms with Crippen LogP contribution in [0.4, 0.5) is 0 Å². The zero-order chi connectivity index (χ0) is 12.3. The minimum absolute atomic E-state index is 0.435. The predicted octanol–water partition coefficient (Wildman–Crippen LogP) is 2.52. The second-order valence-electron chi connectivity index (χ2n) is 3.94. The number of rotatable bonds is 3. The smallest absolute Gasteiger partial charge is 0.218 e. The van der Waals surface area contributed by atoms with Crippen molar-refractivity contribution < 1.29 is 4.74 Å². The van der Waals surface area contributed by atoms with Gasteiger partial charge >= 0.3 is 0 Å². The van der Waals surface area contributed by atoms with Gasteiger partial charge in [-0.05, 0) is 13.0 Å². The molecule has 0 spiro atoms. The van der Waals surface area contributed by atoms with Crippen molar-refractivity contribution in [1.29, 1.82) is 0 Å². The van der Waals surface area contributed by atoms with Gasteiger partial charge in [0.15, 0.2) is 0 Å². The van der Waals surface area contributed by atoms with Gasteiger partial charge in [-0.1, -0.05) is 35.9 Å². The molecule has 2 aromatic rings. The maximum Gasteiger partial charge on any atom is 0.218 e. The molecule has 0 radical (unpaired) electrons. The van der Waals surface area contributed by atoms with Crippen molar-refractivity contribution in [1.82, 2.24) is 4.98 Å². The van der Waals surface area contributed by atoms with E-state index in [1.807, 2.05) is 12.1 Å². The zero-order valence-electron chi connectivity index (χ0n) is 10.1. The summed E-state index contributed by atoms with van der Waals surface area (Å²) in [5.74, 6) is 0.602. The number of pyridine rings is 1. The van der Waals surface area contributed by atoms with Gasteiger partial charge in [0.2, 0.25) is 5.88 Å². The average Bonchev–Trinajstić information content (AvgIpc) is 2.39. The molecule has 88 valence electrons. The quantitative estimate of drug-likeness (QED) is 0.878. The fraction of sp³-hybridized carbons (Fsp3) is 0.214. The van der Waals surface area contributed by atoms with E-state index in [4.69, 9.17) is 10.5 Å². The standard InChI is InChI=1S/C14H16N2O/c1-10-3-5-11(6-4-10)13-8-7-12(9-15)14(16-13)17-2/h3-8H,9,15H2,1-2H3. The van der Waals surface area contributed by atoms with Crippen molar-refractivity contribution in [2.45, 2.75) is 13.5 Å². The van der Waals surface area contributed by atoms with Gasteiger partial charge in [0.25, 0.3) is 0 Å². The van der Waals surface area contributed by atoms with Crippen LogP contribution < -0.4 is 10.5 Å². The van der Waals surface area contributed by atoms with Gasteiger partial charge in [0.05, 0.1) is 12.8 Å². The minimum atomic E-state index is 0.435. The predicted molar refractivity (Wildman–Crippen MR) is 68.9 cm³/mol. The first-order chi connectivity index (χ1) is 8.24. The number of aromatic nitrogens is 1. The fourth-order valence-corrected chi connectivity index (χ4v) is 1.69. The van der Waals surface area contributed by atoms with Crippen LogP contribution in [-0.2, 0) is 6.54 Å². The summed E-state index contributed by atoms with van der Waals surface area (Å²) in [6.45, 7) is 2.50. The Hall–Kier alpha value is -1.87. The number of hydrogen-bond acceptors (Lipinski definition) is 3. The Balaban J connectivity index is 2.42. The molecule has 0 bridgehead atoms. The second kappa shape index (κ2) is 4.97. The third kappa shape index (κ3) is 2.45. The molecule has 0 fully saturated rings. The summed E-state index contributed by atoms with van der Waals surface area (Å²) < 4.78 is 5.23. The van der Waals surface area contributed by atoms with Gasteiger partial charge in [0.1, 0.15) is 0 Å². The maximum absolute atomic E-state index is 5.61. The van der Waals surface area contributed by atoms with Gasteiger partial charge in [-0.25, -0.2) is 4.98 Å². The fourth-order valence-electron chi connectivity index (χ4n) is 1.69. The highest BCUT2D eigenvalue weighted by atomic mass is 16.5. The molecule has 17 heavy (non-hydrogen) atoms. The number of benzene rings is 1. The van der Waals surface area contributed by atoms with Crippen LogP contribution in [0.2, 0.25) is 0 Å². The molecular formula is C14H16N2O. The number of nitrogens with zero attached hydrogens (tertiary/aromatic N) is 1. The highest BCUT2D eigenvalue weighted by Gasteiger charge is 2.06. The van der Waals surface area contributed by atoms with E-state index in [-0.39, 0.29) is 0 Å². The minimum Gasteiger partial charge on any atom is -0.481 e. The Bertz CT molecular complexity index is 506. The highest BCUT2D eigenvalue weighted by molar-refractivity contribution is 5.60. The first-order valence-electron chi connectivity index (χ1n) is 5.55. The van der Waals surface area contributed by atoms with Crippen molar-refractivity contribution in [3.63, 3.8) is 0 Å². The first-order valence-corrected chi connectivity index (χ1v) is 5.55. The molecule has 0 saturated heterocycles. The molecule has 3 nitrogen and oxygen atoms in total. The maximum atomic E-state index is 5.61. The highest BCUT2D eigenvalue weighted by Crippen LogP contribution is 2.23. The Labute approximate surface area is 101 Å². The van der Waals surface area contributed by atoms with Crippen LogP contribution in [0.25, 0.3) is 11.3 Å². The van der Waals surface area contributed by atoms with Crippen molar-refractivity contribution in [3.8, 4) is 17.1 Å². The molecule has 0 saturated carbocycles. The molecule has 0 aliphatic carbocycles. The summed E-state index contributed by atoms with van der Waals surface area (Å²) in [7, 11) is 1.61. The summed E-state index contributed by atoms with van der Waals surface area (Å²) in [4.78, 5) is 4.46. The van der Waals surface area contributed by atoms with Crippen LogP contribution >= 0.6 is 0 Å². The molecular weight excluding hydrogens is 212 g/mol. The molecule has 0 unspecified atom stereocenters. The van der Waals surface area contributed by atoms with E-state index < -0.39 is 0 Å². The molecule has 0 atom stereocenters. The van der Waals surface area contributed by atoms with E-state index >= 15 is 0 Å². The molecule has 0 aliphatic heterocycles. The Morgan fingerprint density at radius 3 is 2.41 bits per heavy atom. The number of nitrogens with two attached hydrogens (primary N) is 1. The molecule has 1 heterocycles. The Kier molecular flexibility index (Phi) is 3.40. The monoisotopic (exact) mass is 228 g/mol. The largest absolute Gasteiger partial charge is 0.481 e. The van der Waals surface area contributed by atoms with Gasteiger partial charge in [-0.15, -0.1) is 0 Å². The summed E-state index contributed by atoms with van der Waals surface area (Å²) >= 11 is 0. The lowest BCUT2D eigenvalue weighted by atomic mass is 10.1. The lowest BCUT2D eigenvalue weighted by Gasteiger charge is -2.08. The van der Waals surface area contributed by atoms with Crippen LogP contribution in [0, 0.1) is 6.92 Å². The lowest BCUT2D eigenvalue weighted by molar-refractivity contribution is 0.393. The molecule has 2 N–H and O–H groups in total. The van der Waals surface area contributed by atoms with Crippen LogP contribution in [-0.4, -0.2) is 12.1 Å². The van der Waals surface area contributed by atoms with Crippen molar-refractivity contribution in [2.75, 3.05) is 7.11 Å². The van der Waals surface area contributed by atoms with E-state index in [0.717, 1.165) is 16.8 Å². The van der Waals surface area contributed by atoms with Crippen molar-refractivity contribution >= 4 is 0 Å². The molecule has 2 rings (SSSR count). The Morgan fingerprint density at radius 1 is 1.12 bits per heavy atom. The third-order valence-corrected chi connectivity index (χ3v) is 2.70. The second-order valence-corrected chi connectivity index (χ2v) is 3.94. The lowest BCUT2D eigenvalue weighted by Crippen LogP contribution is -2.02. The van der Waals surface area contributed by atoms with E-state index in [1.54, 1.807) is 7.11 Å². The van der Waals surface area contributed by atoms with Crippen LogP contribution in [0.3, 0.4) is 0 Å². The SMILES string of the molecule is COc1nc(-c2ccc(C)cc2)ccc1CN. The summed E-state index contributed by atoms with van der Waals surface area (Å²) in [6, 6.07) is 12.2. The van der Waals surface area contributed by atoms with E-state index in [9.17, 15) is 0 Å². The topological polar surface area (TPSA) is 48.1 Å². The third-order valence-electron chi connectivity index (χ3n) is 2.70. The van der Waals surface area contributed by atoms with Crippen molar-refractivity contribution in [3.05, 3.63) is 47.5 Å². The first kappa shape index (κ1) is 11.6. The Morgan fingerprint density at radius 2 is 1.82 bits per heavy atom. The number of hydrogen-bond donors (Lipinski definition) is 1. The summed E-state index contributed by atoms with van der Waals surface area (Å²) in [6.07, 6.45) is 0. The van der Waals surface area contributed by atoms with E-state index in [0.29, 0.717) is 12.4 Å². The van der Waals surface area contributed by atoms with Gasteiger partial charge in [0, 0.05) is 17.7 Å². The molecule has 1 aromatic carbocycles. The van der Waals surface area contributed by atoms with E-state index in [2.05, 4.69) is 36.2 Å². The van der Waals surface area contributed by atoms with Crippen molar-refractivity contribution in [2.24, 2.45) is 5.73 Å². The molecule has 3 heteroatoms. The van der Waals surface area contributed by atoms with E-state index in [1.165, 1.54) is 5.56 Å². The van der Waals surface area contributed by atoms with Gasteiger partial charge in [-0.3, -0.25) is 0 Å². The number of ether oxygens (including phenoxy) is 1. The number of methoxy groups -OCH3 is 1. The number of aryl methyl sites for hydroxylation is 1. The van der Waals surface area contributed by atoms with Gasteiger partial charge in [-0.2, -0.15) is 0 Å². The van der Waals surface area contributed by atoms with Crippen LogP contribution in [0.15, 0.2) is 36.4 Å². The molecule has 0 amide bonds. The molecule has 0 aliphatic rings. The average molecular weight is 228 g/mol. The van der Waals surface area contributed by atoms with Crippen LogP contribution in [0.1, 0.15) is 11.1 Å². The summed E-state index contributed by atoms with van der Waals surface area (Å²) in [5, 5.41) is 0. The summed E-state index contributed by atoms with van der Waals surface area (Å²) in [5.41, 5.74) is 9.75. The van der Waals surface area contributed by atoms with Gasteiger partial charge < -0.3 is 10.5 Å². The van der Waals surface area contributed by atoms with Crippen LogP contribution in [0.5, 0.6) is 5.88 Å². The zero-order valence-corrected chi connectivity index (χ0v) is 10.1. The normalized spacial score (nSPS) is 10.3.